The summed E-state index contributed by atoms with van der Waals surface area (Å²) in [6.45, 7) is 0.250. The molecule has 0 radical (unpaired) electrons. The van der Waals surface area contributed by atoms with Gasteiger partial charge in [-0.15, -0.1) is 0 Å². The Kier molecular flexibility index (Phi) is 8.62. The molecule has 180 valence electrons. The van der Waals surface area contributed by atoms with Crippen molar-refractivity contribution in [3.05, 3.63) is 93.5 Å². The van der Waals surface area contributed by atoms with Crippen LogP contribution in [-0.2, 0) is 28.7 Å². The number of nitrogens with one attached hydrogen (secondary N) is 1. The first-order valence-electron chi connectivity index (χ1n) is 10.0. The molecule has 1 amide bonds. The van der Waals surface area contributed by atoms with Gasteiger partial charge in [0.15, 0.2) is 11.6 Å². The average molecular weight is 544 g/mol. The van der Waals surface area contributed by atoms with E-state index in [4.69, 9.17) is 9.47 Å². The number of ether oxygens (including phenoxy) is 2. The van der Waals surface area contributed by atoms with Crippen molar-refractivity contribution in [2.45, 2.75) is 19.2 Å². The highest BCUT2D eigenvalue weighted by Crippen LogP contribution is 2.38. The zero-order valence-corrected chi connectivity index (χ0v) is 19.2. The molecule has 0 atom stereocenters. The molecular weight excluding hydrogens is 525 g/mol. The third-order valence-corrected chi connectivity index (χ3v) is 5.24. The van der Waals surface area contributed by atoms with Gasteiger partial charge >= 0.3 is 6.18 Å². The molecule has 0 unspecified atom stereocenters. The second-order valence-corrected chi connectivity index (χ2v) is 8.01. The first kappa shape index (κ1) is 25.6. The molecule has 0 aromatic heterocycles. The van der Waals surface area contributed by atoms with Crippen molar-refractivity contribution in [2.75, 3.05) is 18.5 Å². The summed E-state index contributed by atoms with van der Waals surface area (Å²) in [4.78, 5) is 12.2. The third-order valence-electron chi connectivity index (χ3n) is 4.63. The average Bonchev–Trinajstić information content (AvgIpc) is 2.80. The minimum Gasteiger partial charge on any atom is -0.491 e. The lowest BCUT2D eigenvalue weighted by atomic mass is 10.1. The Morgan fingerprint density at radius 1 is 0.941 bits per heavy atom. The van der Waals surface area contributed by atoms with E-state index < -0.39 is 41.5 Å². The van der Waals surface area contributed by atoms with Crippen molar-refractivity contribution in [1.82, 2.24) is 0 Å². The van der Waals surface area contributed by atoms with E-state index in [2.05, 4.69) is 21.2 Å². The zero-order valence-electron chi connectivity index (χ0n) is 17.6. The standard InChI is InChI=1S/C24H19BrF5NO3/c25-19-8-6-16(22(26)23(19)27)12-21(32)31-17-7-9-20(18(13-17)24(28,29)30)34-11-10-33-14-15-4-2-1-3-5-15/h1-9,13H,10-12,14H2,(H,31,32). The van der Waals surface area contributed by atoms with Gasteiger partial charge in [0, 0.05) is 11.3 Å². The van der Waals surface area contributed by atoms with Gasteiger partial charge in [0.25, 0.3) is 0 Å². The molecule has 0 aliphatic carbocycles. The largest absolute Gasteiger partial charge is 0.491 e. The normalized spacial score (nSPS) is 11.4. The molecule has 0 bridgehead atoms. The second-order valence-electron chi connectivity index (χ2n) is 7.15. The van der Waals surface area contributed by atoms with Gasteiger partial charge < -0.3 is 14.8 Å². The van der Waals surface area contributed by atoms with Crippen molar-refractivity contribution in [3.63, 3.8) is 0 Å². The number of hydrogen-bond donors (Lipinski definition) is 1. The fraction of sp³-hybridized carbons (Fsp3) is 0.208. The minimum atomic E-state index is -4.75. The number of benzene rings is 3. The van der Waals surface area contributed by atoms with Crippen molar-refractivity contribution >= 4 is 27.5 Å². The molecule has 3 rings (SSSR count). The maximum atomic E-state index is 13.9. The number of halogens is 6. The summed E-state index contributed by atoms with van der Waals surface area (Å²) in [7, 11) is 0. The van der Waals surface area contributed by atoms with E-state index in [0.29, 0.717) is 6.61 Å². The van der Waals surface area contributed by atoms with Crippen molar-refractivity contribution < 1.29 is 36.2 Å². The molecule has 34 heavy (non-hydrogen) atoms. The van der Waals surface area contributed by atoms with E-state index in [9.17, 15) is 26.7 Å². The second kappa shape index (κ2) is 11.4. The molecule has 0 aliphatic rings. The van der Waals surface area contributed by atoms with Crippen LogP contribution in [0.25, 0.3) is 0 Å². The molecule has 0 spiro atoms. The lowest BCUT2D eigenvalue weighted by molar-refractivity contribution is -0.139. The summed E-state index contributed by atoms with van der Waals surface area (Å²) >= 11 is 2.83. The van der Waals surface area contributed by atoms with Crippen LogP contribution in [0.2, 0.25) is 0 Å². The van der Waals surface area contributed by atoms with Crippen LogP contribution in [0.3, 0.4) is 0 Å². The summed E-state index contributed by atoms with van der Waals surface area (Å²) < 4.78 is 78.7. The minimum absolute atomic E-state index is 0.0694. The Bertz CT molecular complexity index is 1140. The number of anilines is 1. The van der Waals surface area contributed by atoms with Gasteiger partial charge in [0.2, 0.25) is 5.91 Å². The summed E-state index contributed by atoms with van der Waals surface area (Å²) in [5.74, 6) is -3.59. The van der Waals surface area contributed by atoms with Crippen LogP contribution >= 0.6 is 15.9 Å². The maximum Gasteiger partial charge on any atom is 0.420 e. The Hall–Kier alpha value is -2.98. The first-order chi connectivity index (χ1) is 16.1. The van der Waals surface area contributed by atoms with E-state index in [1.807, 2.05) is 30.3 Å². The summed E-state index contributed by atoms with van der Waals surface area (Å²) in [5.41, 5.74) is -0.564. The Morgan fingerprint density at radius 2 is 1.68 bits per heavy atom. The summed E-state index contributed by atoms with van der Waals surface area (Å²) in [6, 6.07) is 14.7. The molecule has 4 nitrogen and oxygen atoms in total. The van der Waals surface area contributed by atoms with Crippen LogP contribution in [0.4, 0.5) is 27.6 Å². The molecule has 3 aromatic rings. The van der Waals surface area contributed by atoms with E-state index in [0.717, 1.165) is 17.7 Å². The predicted molar refractivity (Wildman–Crippen MR) is 119 cm³/mol. The van der Waals surface area contributed by atoms with Crippen LogP contribution < -0.4 is 10.1 Å². The van der Waals surface area contributed by atoms with Crippen molar-refractivity contribution in [1.29, 1.82) is 0 Å². The molecule has 0 fully saturated rings. The zero-order chi connectivity index (χ0) is 24.7. The molecular formula is C24H19BrF5NO3. The van der Waals surface area contributed by atoms with Crippen LogP contribution in [0.5, 0.6) is 5.75 Å². The number of alkyl halides is 3. The van der Waals surface area contributed by atoms with E-state index >= 15 is 0 Å². The fourth-order valence-electron chi connectivity index (χ4n) is 3.01. The molecule has 1 N–H and O–H groups in total. The van der Waals surface area contributed by atoms with Crippen molar-refractivity contribution in [2.24, 2.45) is 0 Å². The number of amides is 1. The predicted octanol–water partition coefficient (Wildman–Crippen LogP) is 6.52. The fourth-order valence-corrected chi connectivity index (χ4v) is 3.32. The lowest BCUT2D eigenvalue weighted by Crippen LogP contribution is -2.17. The third kappa shape index (κ3) is 7.01. The van der Waals surface area contributed by atoms with Crippen LogP contribution in [0, 0.1) is 11.6 Å². The van der Waals surface area contributed by atoms with Gasteiger partial charge in [0.1, 0.15) is 12.4 Å². The molecule has 0 heterocycles. The van der Waals surface area contributed by atoms with Gasteiger partial charge in [-0.2, -0.15) is 13.2 Å². The molecule has 0 aliphatic heterocycles. The Labute approximate surface area is 200 Å². The smallest absolute Gasteiger partial charge is 0.420 e. The Balaban J connectivity index is 1.61. The Morgan fingerprint density at radius 3 is 2.38 bits per heavy atom. The summed E-state index contributed by atoms with van der Waals surface area (Å²) in [6.07, 6.45) is -5.31. The topological polar surface area (TPSA) is 47.6 Å². The highest BCUT2D eigenvalue weighted by atomic mass is 79.9. The van der Waals surface area contributed by atoms with Crippen LogP contribution in [-0.4, -0.2) is 19.1 Å². The van der Waals surface area contributed by atoms with E-state index in [1.165, 1.54) is 18.2 Å². The van der Waals surface area contributed by atoms with E-state index in [-0.39, 0.29) is 28.9 Å². The van der Waals surface area contributed by atoms with Crippen LogP contribution in [0.15, 0.2) is 65.1 Å². The number of hydrogen-bond acceptors (Lipinski definition) is 3. The van der Waals surface area contributed by atoms with Crippen LogP contribution in [0.1, 0.15) is 16.7 Å². The van der Waals surface area contributed by atoms with Gasteiger partial charge in [0.05, 0.1) is 29.7 Å². The number of carbonyl (C=O) groups excluding carboxylic acids is 1. The van der Waals surface area contributed by atoms with Gasteiger partial charge in [-0.25, -0.2) is 8.78 Å². The SMILES string of the molecule is O=C(Cc1ccc(Br)c(F)c1F)Nc1ccc(OCCOCc2ccccc2)c(C(F)(F)F)c1. The van der Waals surface area contributed by atoms with Gasteiger partial charge in [-0.3, -0.25) is 4.79 Å². The molecule has 0 saturated carbocycles. The molecule has 3 aromatic carbocycles. The van der Waals surface area contributed by atoms with Crippen molar-refractivity contribution in [3.8, 4) is 5.75 Å². The van der Waals surface area contributed by atoms with E-state index in [1.54, 1.807) is 0 Å². The highest BCUT2D eigenvalue weighted by molar-refractivity contribution is 9.10. The highest BCUT2D eigenvalue weighted by Gasteiger charge is 2.35. The monoisotopic (exact) mass is 543 g/mol. The van der Waals surface area contributed by atoms with Gasteiger partial charge in [-0.1, -0.05) is 36.4 Å². The van der Waals surface area contributed by atoms with Gasteiger partial charge in [-0.05, 0) is 45.8 Å². The summed E-state index contributed by atoms with van der Waals surface area (Å²) in [5, 5.41) is 2.27. The number of carbonyl (C=O) groups is 1. The molecule has 10 heteroatoms. The quantitative estimate of drug-likeness (QED) is 0.190. The first-order valence-corrected chi connectivity index (χ1v) is 10.8. The maximum absolute atomic E-state index is 13.9. The number of rotatable bonds is 9. The molecule has 0 saturated heterocycles. The lowest BCUT2D eigenvalue weighted by Gasteiger charge is -2.16.